The number of carbonyl (C=O) groups is 2. The molecule has 1 amide bonds. The molecule has 0 unspecified atom stereocenters. The summed E-state index contributed by atoms with van der Waals surface area (Å²) in [6.45, 7) is 0. The molecule has 1 aromatic heterocycles. The van der Waals surface area contributed by atoms with Crippen LogP contribution >= 0.6 is 11.6 Å². The van der Waals surface area contributed by atoms with E-state index < -0.39 is 5.97 Å². The average molecular weight is 284 g/mol. The van der Waals surface area contributed by atoms with Gasteiger partial charge in [-0.2, -0.15) is 0 Å². The van der Waals surface area contributed by atoms with E-state index in [1.165, 1.54) is 12.4 Å². The van der Waals surface area contributed by atoms with Crippen molar-refractivity contribution >= 4 is 23.5 Å². The molecule has 1 aliphatic rings. The van der Waals surface area contributed by atoms with E-state index in [1.807, 2.05) is 0 Å². The largest absolute Gasteiger partial charge is 0.481 e. The summed E-state index contributed by atoms with van der Waals surface area (Å²) in [5.74, 6) is -1.38. The van der Waals surface area contributed by atoms with Crippen LogP contribution in [0.3, 0.4) is 0 Å². The predicted octanol–water partition coefficient (Wildman–Crippen LogP) is 1.50. The molecule has 1 aromatic rings. The van der Waals surface area contributed by atoms with Crippen LogP contribution < -0.4 is 5.32 Å². The molecule has 1 aliphatic carbocycles. The van der Waals surface area contributed by atoms with Crippen molar-refractivity contribution in [1.29, 1.82) is 0 Å². The summed E-state index contributed by atoms with van der Waals surface area (Å²) in [5.41, 5.74) is 0.174. The van der Waals surface area contributed by atoms with Crippen LogP contribution in [0.15, 0.2) is 12.4 Å². The van der Waals surface area contributed by atoms with Gasteiger partial charge in [0.2, 0.25) is 0 Å². The van der Waals surface area contributed by atoms with Crippen LogP contribution in [0.4, 0.5) is 0 Å². The molecule has 1 heterocycles. The van der Waals surface area contributed by atoms with Crippen molar-refractivity contribution < 1.29 is 14.7 Å². The van der Waals surface area contributed by atoms with Crippen LogP contribution in [0.25, 0.3) is 0 Å². The first-order valence-corrected chi connectivity index (χ1v) is 6.45. The van der Waals surface area contributed by atoms with Crippen LogP contribution in [0.1, 0.15) is 36.2 Å². The maximum atomic E-state index is 11.9. The van der Waals surface area contributed by atoms with E-state index in [9.17, 15) is 9.59 Å². The molecule has 7 heteroatoms. The first kappa shape index (κ1) is 13.7. The van der Waals surface area contributed by atoms with Crippen molar-refractivity contribution in [2.24, 2.45) is 5.92 Å². The Hall–Kier alpha value is -1.69. The van der Waals surface area contributed by atoms with Crippen LogP contribution in [0.5, 0.6) is 0 Å². The first-order valence-electron chi connectivity index (χ1n) is 6.07. The lowest BCUT2D eigenvalue weighted by atomic mass is 9.86. The standard InChI is InChI=1S/C12H14ClN3O3/c13-10-6-14-5-9(16-10)11(17)15-8-3-1-7(2-4-8)12(18)19/h5-8H,1-4H2,(H,15,17)(H,18,19). The number of carboxylic acids is 1. The third-order valence-electron chi connectivity index (χ3n) is 3.25. The number of amides is 1. The second-order valence-corrected chi connectivity index (χ2v) is 4.97. The maximum Gasteiger partial charge on any atom is 0.306 e. The third-order valence-corrected chi connectivity index (χ3v) is 3.43. The Morgan fingerprint density at radius 2 is 1.95 bits per heavy atom. The molecule has 6 nitrogen and oxygen atoms in total. The number of rotatable bonds is 3. The van der Waals surface area contributed by atoms with Gasteiger partial charge in [-0.3, -0.25) is 14.6 Å². The number of aromatic nitrogens is 2. The number of nitrogens with zero attached hydrogens (tertiary/aromatic N) is 2. The van der Waals surface area contributed by atoms with E-state index in [2.05, 4.69) is 15.3 Å². The Morgan fingerprint density at radius 1 is 1.26 bits per heavy atom. The summed E-state index contributed by atoms with van der Waals surface area (Å²) in [7, 11) is 0. The van der Waals surface area contributed by atoms with Gasteiger partial charge >= 0.3 is 5.97 Å². The minimum absolute atomic E-state index is 0.0103. The van der Waals surface area contributed by atoms with E-state index >= 15 is 0 Å². The number of carbonyl (C=O) groups excluding carboxylic acids is 1. The second kappa shape index (κ2) is 5.97. The molecule has 2 rings (SSSR count). The van der Waals surface area contributed by atoms with Gasteiger partial charge in [0.1, 0.15) is 10.8 Å². The molecule has 0 bridgehead atoms. The summed E-state index contributed by atoms with van der Waals surface area (Å²) >= 11 is 5.67. The fourth-order valence-electron chi connectivity index (χ4n) is 2.20. The second-order valence-electron chi connectivity index (χ2n) is 4.59. The number of carboxylic acid groups (broad SMARTS) is 1. The molecule has 102 valence electrons. The van der Waals surface area contributed by atoms with Gasteiger partial charge in [-0.15, -0.1) is 0 Å². The molecule has 0 aromatic carbocycles. The van der Waals surface area contributed by atoms with E-state index in [1.54, 1.807) is 0 Å². The first-order chi connectivity index (χ1) is 9.06. The highest BCUT2D eigenvalue weighted by Crippen LogP contribution is 2.24. The van der Waals surface area contributed by atoms with Gasteiger partial charge < -0.3 is 10.4 Å². The van der Waals surface area contributed by atoms with Crippen LogP contribution in [0, 0.1) is 5.92 Å². The normalized spacial score (nSPS) is 22.8. The van der Waals surface area contributed by atoms with Crippen LogP contribution in [-0.4, -0.2) is 33.0 Å². The number of nitrogens with one attached hydrogen (secondary N) is 1. The minimum Gasteiger partial charge on any atom is -0.481 e. The van der Waals surface area contributed by atoms with Crippen LogP contribution in [0.2, 0.25) is 5.15 Å². The third kappa shape index (κ3) is 3.64. The number of hydrogen-bond donors (Lipinski definition) is 2. The zero-order valence-corrected chi connectivity index (χ0v) is 10.9. The summed E-state index contributed by atoms with van der Waals surface area (Å²) in [6.07, 6.45) is 5.21. The molecular weight excluding hydrogens is 270 g/mol. The molecule has 2 N–H and O–H groups in total. The van der Waals surface area contributed by atoms with Crippen molar-refractivity contribution in [2.75, 3.05) is 0 Å². The van der Waals surface area contributed by atoms with Crippen molar-refractivity contribution in [3.8, 4) is 0 Å². The van der Waals surface area contributed by atoms with E-state index in [0.29, 0.717) is 25.7 Å². The molecule has 0 radical (unpaired) electrons. The number of halogens is 1. The molecule has 1 saturated carbocycles. The van der Waals surface area contributed by atoms with Gasteiger partial charge in [0, 0.05) is 6.04 Å². The zero-order chi connectivity index (χ0) is 13.8. The molecule has 0 atom stereocenters. The summed E-state index contributed by atoms with van der Waals surface area (Å²) < 4.78 is 0. The molecule has 0 saturated heterocycles. The van der Waals surface area contributed by atoms with Gasteiger partial charge in [0.05, 0.1) is 18.3 Å². The lowest BCUT2D eigenvalue weighted by Crippen LogP contribution is -2.39. The predicted molar refractivity (Wildman–Crippen MR) is 67.9 cm³/mol. The Labute approximate surface area is 115 Å². The lowest BCUT2D eigenvalue weighted by Gasteiger charge is -2.26. The Kier molecular flexibility index (Phi) is 4.31. The van der Waals surface area contributed by atoms with Crippen molar-refractivity contribution in [3.05, 3.63) is 23.2 Å². The highest BCUT2D eigenvalue weighted by atomic mass is 35.5. The minimum atomic E-state index is -0.759. The number of hydrogen-bond acceptors (Lipinski definition) is 4. The number of aliphatic carboxylic acids is 1. The SMILES string of the molecule is O=C(NC1CCC(C(=O)O)CC1)c1cncc(Cl)n1. The zero-order valence-electron chi connectivity index (χ0n) is 10.2. The fraction of sp³-hybridized carbons (Fsp3) is 0.500. The van der Waals surface area contributed by atoms with Crippen LogP contribution in [-0.2, 0) is 4.79 Å². The fourth-order valence-corrected chi connectivity index (χ4v) is 2.34. The summed E-state index contributed by atoms with van der Waals surface area (Å²) in [5, 5.41) is 11.9. The Morgan fingerprint density at radius 3 is 2.53 bits per heavy atom. The molecule has 0 spiro atoms. The topological polar surface area (TPSA) is 92.2 Å². The smallest absolute Gasteiger partial charge is 0.306 e. The van der Waals surface area contributed by atoms with Crippen molar-refractivity contribution in [1.82, 2.24) is 15.3 Å². The monoisotopic (exact) mass is 283 g/mol. The molecular formula is C12H14ClN3O3. The summed E-state index contributed by atoms with van der Waals surface area (Å²) in [6, 6.07) is -0.0103. The van der Waals surface area contributed by atoms with Gasteiger partial charge in [-0.25, -0.2) is 4.98 Å². The van der Waals surface area contributed by atoms with Crippen molar-refractivity contribution in [2.45, 2.75) is 31.7 Å². The molecule has 0 aliphatic heterocycles. The highest BCUT2D eigenvalue weighted by Gasteiger charge is 2.27. The quantitative estimate of drug-likeness (QED) is 0.877. The van der Waals surface area contributed by atoms with Gasteiger partial charge in [0.15, 0.2) is 0 Å². The van der Waals surface area contributed by atoms with Gasteiger partial charge in [0.25, 0.3) is 5.91 Å². The average Bonchev–Trinajstić information content (AvgIpc) is 2.39. The van der Waals surface area contributed by atoms with E-state index in [0.717, 1.165) is 0 Å². The van der Waals surface area contributed by atoms with Crippen molar-refractivity contribution in [3.63, 3.8) is 0 Å². The molecule has 1 fully saturated rings. The Bertz CT molecular complexity index is 487. The van der Waals surface area contributed by atoms with Gasteiger partial charge in [-0.05, 0) is 25.7 Å². The highest BCUT2D eigenvalue weighted by molar-refractivity contribution is 6.29. The molecule has 19 heavy (non-hydrogen) atoms. The van der Waals surface area contributed by atoms with Gasteiger partial charge in [-0.1, -0.05) is 11.6 Å². The van der Waals surface area contributed by atoms with E-state index in [-0.39, 0.29) is 28.7 Å². The lowest BCUT2D eigenvalue weighted by molar-refractivity contribution is -0.142. The summed E-state index contributed by atoms with van der Waals surface area (Å²) in [4.78, 5) is 30.4. The Balaban J connectivity index is 1.89. The van der Waals surface area contributed by atoms with E-state index in [4.69, 9.17) is 16.7 Å². The maximum absolute atomic E-state index is 11.9.